The van der Waals surface area contributed by atoms with E-state index in [2.05, 4.69) is 14.7 Å². The van der Waals surface area contributed by atoms with Crippen molar-refractivity contribution in [3.63, 3.8) is 0 Å². The number of H-pyrrole nitrogens is 1. The van der Waals surface area contributed by atoms with E-state index in [1.54, 1.807) is 6.92 Å². The molecule has 3 rings (SSSR count). The molecular weight excluding hydrogens is 288 g/mol. The second-order valence-corrected chi connectivity index (χ2v) is 7.15. The highest BCUT2D eigenvalue weighted by atomic mass is 32.2. The number of piperidine rings is 1. The largest absolute Gasteiger partial charge is 0.341 e. The number of benzene rings is 1. The van der Waals surface area contributed by atoms with Crippen molar-refractivity contribution in [3.05, 3.63) is 30.1 Å². The fourth-order valence-electron chi connectivity index (χ4n) is 2.64. The van der Waals surface area contributed by atoms with E-state index in [1.807, 2.05) is 24.3 Å². The van der Waals surface area contributed by atoms with Gasteiger partial charge in [-0.15, -0.1) is 0 Å². The van der Waals surface area contributed by atoms with Gasteiger partial charge >= 0.3 is 0 Å². The van der Waals surface area contributed by atoms with Gasteiger partial charge in [-0.25, -0.2) is 4.98 Å². The number of hydrogen-bond donors (Lipinski definition) is 2. The Hall–Kier alpha value is -1.44. The Morgan fingerprint density at radius 1 is 1.24 bits per heavy atom. The zero-order chi connectivity index (χ0) is 14.9. The molecule has 2 aromatic rings. The van der Waals surface area contributed by atoms with Crippen LogP contribution in [0.15, 0.2) is 24.3 Å². The predicted octanol–water partition coefficient (Wildman–Crippen LogP) is 1.94. The molecule has 1 aliphatic rings. The van der Waals surface area contributed by atoms with Crippen LogP contribution in [0.2, 0.25) is 0 Å². The van der Waals surface area contributed by atoms with E-state index in [-0.39, 0.29) is 6.04 Å². The second-order valence-electron chi connectivity index (χ2n) is 5.44. The average molecular weight is 308 g/mol. The number of nitrogens with zero attached hydrogens (tertiary/aromatic N) is 2. The Balaban J connectivity index is 1.77. The molecule has 0 bridgehead atoms. The van der Waals surface area contributed by atoms with Crippen molar-refractivity contribution in [2.75, 3.05) is 13.1 Å². The van der Waals surface area contributed by atoms with E-state index in [9.17, 15) is 8.42 Å². The van der Waals surface area contributed by atoms with E-state index < -0.39 is 10.2 Å². The zero-order valence-corrected chi connectivity index (χ0v) is 12.9. The quantitative estimate of drug-likeness (QED) is 0.906. The van der Waals surface area contributed by atoms with Gasteiger partial charge in [-0.05, 0) is 31.9 Å². The number of nitrogens with one attached hydrogen (secondary N) is 2. The first-order valence-electron chi connectivity index (χ1n) is 7.28. The van der Waals surface area contributed by atoms with Crippen molar-refractivity contribution in [2.45, 2.75) is 32.2 Å². The van der Waals surface area contributed by atoms with Crippen LogP contribution in [0.3, 0.4) is 0 Å². The standard InChI is InChI=1S/C14H20N4O2S/c1-11(14-15-12-7-3-4-8-13(12)16-14)17-21(19,20)18-9-5-2-6-10-18/h3-4,7-8,11,17H,2,5-6,9-10H2,1H3,(H,15,16). The normalized spacial score (nSPS) is 18.9. The molecule has 0 saturated carbocycles. The predicted molar refractivity (Wildman–Crippen MR) is 82.0 cm³/mol. The number of hydrogen-bond acceptors (Lipinski definition) is 3. The summed E-state index contributed by atoms with van der Waals surface area (Å²) in [7, 11) is -3.44. The van der Waals surface area contributed by atoms with Gasteiger partial charge in [0.15, 0.2) is 0 Å². The Bertz CT molecular complexity index is 686. The molecular formula is C14H20N4O2S. The Morgan fingerprint density at radius 3 is 2.67 bits per heavy atom. The average Bonchev–Trinajstić information content (AvgIpc) is 2.92. The van der Waals surface area contributed by atoms with Gasteiger partial charge < -0.3 is 4.98 Å². The van der Waals surface area contributed by atoms with Crippen molar-refractivity contribution >= 4 is 21.2 Å². The van der Waals surface area contributed by atoms with Crippen LogP contribution >= 0.6 is 0 Å². The Kier molecular flexibility index (Phi) is 3.97. The highest BCUT2D eigenvalue weighted by molar-refractivity contribution is 7.87. The molecule has 0 amide bonds. The number of aromatic nitrogens is 2. The lowest BCUT2D eigenvalue weighted by Gasteiger charge is -2.27. The molecule has 2 heterocycles. The van der Waals surface area contributed by atoms with Crippen LogP contribution in [0.1, 0.15) is 38.1 Å². The van der Waals surface area contributed by atoms with Gasteiger partial charge in [0.2, 0.25) is 0 Å². The van der Waals surface area contributed by atoms with Gasteiger partial charge in [0.05, 0.1) is 17.1 Å². The first-order chi connectivity index (χ1) is 10.1. The number of para-hydroxylation sites is 2. The summed E-state index contributed by atoms with van der Waals surface area (Å²) in [6.07, 6.45) is 2.96. The molecule has 1 aromatic heterocycles. The Morgan fingerprint density at radius 2 is 1.95 bits per heavy atom. The lowest BCUT2D eigenvalue weighted by atomic mass is 10.2. The summed E-state index contributed by atoms with van der Waals surface area (Å²) in [5, 5.41) is 0. The van der Waals surface area contributed by atoms with Crippen LogP contribution in [0.5, 0.6) is 0 Å². The molecule has 0 aliphatic carbocycles. The molecule has 1 unspecified atom stereocenters. The second kappa shape index (κ2) is 5.75. The maximum absolute atomic E-state index is 12.4. The summed E-state index contributed by atoms with van der Waals surface area (Å²) >= 11 is 0. The highest BCUT2D eigenvalue weighted by Crippen LogP contribution is 2.18. The minimum atomic E-state index is -3.44. The molecule has 0 spiro atoms. The molecule has 2 N–H and O–H groups in total. The maximum Gasteiger partial charge on any atom is 0.280 e. The van der Waals surface area contributed by atoms with Gasteiger partial charge in [-0.3, -0.25) is 0 Å². The van der Waals surface area contributed by atoms with Gasteiger partial charge in [0.1, 0.15) is 5.82 Å². The molecule has 7 heteroatoms. The third kappa shape index (κ3) is 3.09. The summed E-state index contributed by atoms with van der Waals surface area (Å²) in [5.74, 6) is 0.636. The monoisotopic (exact) mass is 308 g/mol. The van der Waals surface area contributed by atoms with Crippen molar-refractivity contribution in [1.82, 2.24) is 19.0 Å². The molecule has 6 nitrogen and oxygen atoms in total. The van der Waals surface area contributed by atoms with Crippen LogP contribution in [0, 0.1) is 0 Å². The molecule has 0 radical (unpaired) electrons. The van der Waals surface area contributed by atoms with E-state index >= 15 is 0 Å². The summed E-state index contributed by atoms with van der Waals surface area (Å²) in [4.78, 5) is 7.61. The lowest BCUT2D eigenvalue weighted by Crippen LogP contribution is -2.44. The minimum Gasteiger partial charge on any atom is -0.341 e. The van der Waals surface area contributed by atoms with Crippen LogP contribution < -0.4 is 4.72 Å². The molecule has 1 aromatic carbocycles. The molecule has 21 heavy (non-hydrogen) atoms. The molecule has 114 valence electrons. The number of fused-ring (bicyclic) bond motifs is 1. The summed E-state index contributed by atoms with van der Waals surface area (Å²) < 4.78 is 28.9. The number of imidazole rings is 1. The highest BCUT2D eigenvalue weighted by Gasteiger charge is 2.26. The van der Waals surface area contributed by atoms with Crippen molar-refractivity contribution in [2.24, 2.45) is 0 Å². The van der Waals surface area contributed by atoms with Crippen LogP contribution in [0.4, 0.5) is 0 Å². The number of aromatic amines is 1. The van der Waals surface area contributed by atoms with E-state index in [1.165, 1.54) is 4.31 Å². The summed E-state index contributed by atoms with van der Waals surface area (Å²) in [6.45, 7) is 3.00. The first kappa shape index (κ1) is 14.5. The summed E-state index contributed by atoms with van der Waals surface area (Å²) in [5.41, 5.74) is 1.76. The van der Waals surface area contributed by atoms with Crippen LogP contribution in [-0.2, 0) is 10.2 Å². The van der Waals surface area contributed by atoms with Gasteiger partial charge in [0, 0.05) is 13.1 Å². The van der Waals surface area contributed by atoms with E-state index in [4.69, 9.17) is 0 Å². The molecule has 1 aliphatic heterocycles. The smallest absolute Gasteiger partial charge is 0.280 e. The molecule has 1 atom stereocenters. The van der Waals surface area contributed by atoms with Crippen molar-refractivity contribution in [1.29, 1.82) is 0 Å². The maximum atomic E-state index is 12.4. The molecule has 1 saturated heterocycles. The van der Waals surface area contributed by atoms with E-state index in [0.717, 1.165) is 30.3 Å². The van der Waals surface area contributed by atoms with Crippen molar-refractivity contribution < 1.29 is 8.42 Å². The first-order valence-corrected chi connectivity index (χ1v) is 8.72. The summed E-state index contributed by atoms with van der Waals surface area (Å²) in [6, 6.07) is 7.28. The fraction of sp³-hybridized carbons (Fsp3) is 0.500. The van der Waals surface area contributed by atoms with Gasteiger partial charge in [-0.2, -0.15) is 17.4 Å². The molecule has 1 fully saturated rings. The SMILES string of the molecule is CC(NS(=O)(=O)N1CCCCC1)c1nc2ccccc2[nH]1. The van der Waals surface area contributed by atoms with Gasteiger partial charge in [0.25, 0.3) is 10.2 Å². The third-order valence-electron chi connectivity index (χ3n) is 3.80. The van der Waals surface area contributed by atoms with Crippen molar-refractivity contribution in [3.8, 4) is 0 Å². The van der Waals surface area contributed by atoms with Gasteiger partial charge in [-0.1, -0.05) is 18.6 Å². The van der Waals surface area contributed by atoms with Crippen LogP contribution in [0.25, 0.3) is 11.0 Å². The van der Waals surface area contributed by atoms with E-state index in [0.29, 0.717) is 18.9 Å². The lowest BCUT2D eigenvalue weighted by molar-refractivity contribution is 0.339. The zero-order valence-electron chi connectivity index (χ0n) is 12.0. The van der Waals surface area contributed by atoms with Crippen LogP contribution in [-0.4, -0.2) is 35.8 Å². The number of rotatable bonds is 4. The Labute approximate surface area is 124 Å². The minimum absolute atomic E-state index is 0.385. The fourth-order valence-corrected chi connectivity index (χ4v) is 4.08. The third-order valence-corrected chi connectivity index (χ3v) is 5.49. The topological polar surface area (TPSA) is 78.1 Å².